The van der Waals surface area contributed by atoms with Gasteiger partial charge in [0.05, 0.1) is 0 Å². The largest absolute Gasteiger partial charge is 0.420 e. The Labute approximate surface area is 136 Å². The van der Waals surface area contributed by atoms with Gasteiger partial charge in [-0.1, -0.05) is 96.8 Å². The zero-order valence-corrected chi connectivity index (χ0v) is 15.9. The van der Waals surface area contributed by atoms with Gasteiger partial charge in [-0.2, -0.15) is 0 Å². The van der Waals surface area contributed by atoms with Gasteiger partial charge in [-0.05, 0) is 18.5 Å². The van der Waals surface area contributed by atoms with Crippen molar-refractivity contribution in [3.8, 4) is 0 Å². The fourth-order valence-corrected chi connectivity index (χ4v) is 6.03. The standard InChI is InChI=1S/C19H40OSi/c1-2-3-4-5-6-7-8-9-10-11-12-13-15-18-21-19-16-14-17-20-21/h21H,2-19H2,1H3. The highest BCUT2D eigenvalue weighted by Crippen LogP contribution is 2.18. The van der Waals surface area contributed by atoms with Gasteiger partial charge in [0.25, 0.3) is 0 Å². The SMILES string of the molecule is CCCCCCCCCCCCCCC[SiH]1CCCCO1. The van der Waals surface area contributed by atoms with Gasteiger partial charge in [0.1, 0.15) is 0 Å². The Morgan fingerprint density at radius 3 is 1.67 bits per heavy atom. The van der Waals surface area contributed by atoms with Crippen molar-refractivity contribution in [1.29, 1.82) is 0 Å². The molecule has 1 atom stereocenters. The van der Waals surface area contributed by atoms with Crippen molar-refractivity contribution in [2.45, 2.75) is 115 Å². The zero-order chi connectivity index (χ0) is 15.0. The number of rotatable bonds is 14. The molecule has 0 amide bonds. The van der Waals surface area contributed by atoms with Crippen LogP contribution in [0.5, 0.6) is 0 Å². The van der Waals surface area contributed by atoms with Gasteiger partial charge in [0.2, 0.25) is 0 Å². The van der Waals surface area contributed by atoms with Crippen molar-refractivity contribution >= 4 is 9.04 Å². The third kappa shape index (κ3) is 12.4. The van der Waals surface area contributed by atoms with Gasteiger partial charge in [-0.15, -0.1) is 0 Å². The molecule has 126 valence electrons. The van der Waals surface area contributed by atoms with E-state index in [1.807, 2.05) is 0 Å². The summed E-state index contributed by atoms with van der Waals surface area (Å²) in [4.78, 5) is 0. The fraction of sp³-hybridized carbons (Fsp3) is 1.00. The van der Waals surface area contributed by atoms with Crippen LogP contribution in [0.3, 0.4) is 0 Å². The monoisotopic (exact) mass is 312 g/mol. The summed E-state index contributed by atoms with van der Waals surface area (Å²) in [6, 6.07) is 2.91. The third-order valence-electron chi connectivity index (χ3n) is 4.90. The molecule has 0 aromatic heterocycles. The summed E-state index contributed by atoms with van der Waals surface area (Å²) in [5.74, 6) is 0. The van der Waals surface area contributed by atoms with E-state index in [0.717, 1.165) is 6.61 Å². The Bertz CT molecular complexity index is 202. The van der Waals surface area contributed by atoms with Crippen molar-refractivity contribution in [3.05, 3.63) is 0 Å². The smallest absolute Gasteiger partial charge is 0.176 e. The first-order chi connectivity index (χ1) is 10.4. The summed E-state index contributed by atoms with van der Waals surface area (Å²) in [6.07, 6.45) is 21.8. The highest BCUT2D eigenvalue weighted by atomic mass is 28.3. The van der Waals surface area contributed by atoms with E-state index in [1.165, 1.54) is 108 Å². The van der Waals surface area contributed by atoms with Crippen LogP contribution in [0.2, 0.25) is 12.1 Å². The molecule has 21 heavy (non-hydrogen) atoms. The molecular weight excluding hydrogens is 272 g/mol. The summed E-state index contributed by atoms with van der Waals surface area (Å²) in [6.45, 7) is 3.37. The van der Waals surface area contributed by atoms with Crippen molar-refractivity contribution < 1.29 is 4.43 Å². The molecule has 0 aromatic carbocycles. The second-order valence-electron chi connectivity index (χ2n) is 7.02. The summed E-state index contributed by atoms with van der Waals surface area (Å²) < 4.78 is 5.92. The molecule has 1 unspecified atom stereocenters. The van der Waals surface area contributed by atoms with Gasteiger partial charge < -0.3 is 4.43 Å². The lowest BCUT2D eigenvalue weighted by Crippen LogP contribution is -2.22. The second-order valence-corrected chi connectivity index (χ2v) is 9.75. The van der Waals surface area contributed by atoms with Crippen LogP contribution in [0.25, 0.3) is 0 Å². The van der Waals surface area contributed by atoms with Crippen molar-refractivity contribution in [3.63, 3.8) is 0 Å². The predicted octanol–water partition coefficient (Wildman–Crippen LogP) is 6.61. The Morgan fingerprint density at radius 2 is 1.19 bits per heavy atom. The minimum absolute atomic E-state index is 0.713. The summed E-state index contributed by atoms with van der Waals surface area (Å²) in [5, 5.41) is 0. The predicted molar refractivity (Wildman–Crippen MR) is 97.6 cm³/mol. The van der Waals surface area contributed by atoms with Crippen molar-refractivity contribution in [2.24, 2.45) is 0 Å². The maximum Gasteiger partial charge on any atom is 0.176 e. The van der Waals surface area contributed by atoms with Crippen LogP contribution in [-0.2, 0) is 4.43 Å². The number of hydrogen-bond acceptors (Lipinski definition) is 1. The van der Waals surface area contributed by atoms with Crippen LogP contribution in [0.1, 0.15) is 103 Å². The second kappa shape index (κ2) is 15.1. The highest BCUT2D eigenvalue weighted by molar-refractivity contribution is 6.51. The lowest BCUT2D eigenvalue weighted by Gasteiger charge is -2.20. The van der Waals surface area contributed by atoms with Crippen LogP contribution < -0.4 is 0 Å². The normalized spacial score (nSPS) is 19.0. The minimum atomic E-state index is -0.713. The van der Waals surface area contributed by atoms with E-state index in [9.17, 15) is 0 Å². The molecule has 1 fully saturated rings. The zero-order valence-electron chi connectivity index (χ0n) is 14.7. The van der Waals surface area contributed by atoms with Crippen LogP contribution in [-0.4, -0.2) is 15.6 Å². The Hall–Kier alpha value is 0.177. The topological polar surface area (TPSA) is 9.23 Å². The fourth-order valence-electron chi connectivity index (χ4n) is 3.42. The molecule has 2 heteroatoms. The van der Waals surface area contributed by atoms with E-state index >= 15 is 0 Å². The highest BCUT2D eigenvalue weighted by Gasteiger charge is 2.14. The number of hydrogen-bond donors (Lipinski definition) is 0. The third-order valence-corrected chi connectivity index (χ3v) is 7.72. The summed E-state index contributed by atoms with van der Waals surface area (Å²) in [7, 11) is -0.713. The van der Waals surface area contributed by atoms with E-state index in [2.05, 4.69) is 6.92 Å². The molecule has 1 nitrogen and oxygen atoms in total. The van der Waals surface area contributed by atoms with Crippen LogP contribution in [0.15, 0.2) is 0 Å². The average molecular weight is 313 g/mol. The first-order valence-electron chi connectivity index (χ1n) is 10.0. The summed E-state index contributed by atoms with van der Waals surface area (Å²) in [5.41, 5.74) is 0. The van der Waals surface area contributed by atoms with Gasteiger partial charge in [-0.3, -0.25) is 0 Å². The Kier molecular flexibility index (Phi) is 13.8. The average Bonchev–Trinajstić information content (AvgIpc) is 2.53. The van der Waals surface area contributed by atoms with Gasteiger partial charge in [0, 0.05) is 6.61 Å². The molecule has 1 heterocycles. The molecule has 1 saturated heterocycles. The molecule has 0 saturated carbocycles. The van der Waals surface area contributed by atoms with E-state index < -0.39 is 9.04 Å². The van der Waals surface area contributed by atoms with E-state index in [0.29, 0.717) is 0 Å². The van der Waals surface area contributed by atoms with E-state index in [4.69, 9.17) is 4.43 Å². The molecule has 0 aromatic rings. The maximum atomic E-state index is 5.92. The van der Waals surface area contributed by atoms with Crippen molar-refractivity contribution in [2.75, 3.05) is 6.61 Å². The van der Waals surface area contributed by atoms with Crippen molar-refractivity contribution in [1.82, 2.24) is 0 Å². The van der Waals surface area contributed by atoms with E-state index in [-0.39, 0.29) is 0 Å². The lowest BCUT2D eigenvalue weighted by atomic mass is 10.1. The molecule has 0 spiro atoms. The molecule has 0 aliphatic carbocycles. The van der Waals surface area contributed by atoms with Crippen LogP contribution >= 0.6 is 0 Å². The minimum Gasteiger partial charge on any atom is -0.420 e. The van der Waals surface area contributed by atoms with Gasteiger partial charge in [-0.25, -0.2) is 0 Å². The molecule has 0 bridgehead atoms. The molecule has 0 radical (unpaired) electrons. The molecule has 0 N–H and O–H groups in total. The first-order valence-corrected chi connectivity index (χ1v) is 12.2. The summed E-state index contributed by atoms with van der Waals surface area (Å²) >= 11 is 0. The van der Waals surface area contributed by atoms with Gasteiger partial charge in [0.15, 0.2) is 9.04 Å². The molecular formula is C19H40OSi. The molecule has 1 aliphatic heterocycles. The van der Waals surface area contributed by atoms with Gasteiger partial charge >= 0.3 is 0 Å². The number of unbranched alkanes of at least 4 members (excludes halogenated alkanes) is 12. The first kappa shape index (κ1) is 19.2. The lowest BCUT2D eigenvalue weighted by molar-refractivity contribution is 0.285. The molecule has 1 rings (SSSR count). The van der Waals surface area contributed by atoms with E-state index in [1.54, 1.807) is 0 Å². The Balaban J connectivity index is 1.69. The quantitative estimate of drug-likeness (QED) is 0.259. The molecule has 1 aliphatic rings. The Morgan fingerprint density at radius 1 is 0.667 bits per heavy atom. The van der Waals surface area contributed by atoms with Crippen LogP contribution in [0.4, 0.5) is 0 Å². The van der Waals surface area contributed by atoms with Crippen LogP contribution in [0, 0.1) is 0 Å². The maximum absolute atomic E-state index is 5.92.